The lowest BCUT2D eigenvalue weighted by molar-refractivity contribution is 0.350. The van der Waals surface area contributed by atoms with Gasteiger partial charge in [0.2, 0.25) is 0 Å². The highest BCUT2D eigenvalue weighted by Crippen LogP contribution is 2.23. The third kappa shape index (κ3) is 3.60. The van der Waals surface area contributed by atoms with Gasteiger partial charge < -0.3 is 14.7 Å². The molecule has 1 fully saturated rings. The quantitative estimate of drug-likeness (QED) is 0.657. The van der Waals surface area contributed by atoms with Crippen LogP contribution in [0.3, 0.4) is 0 Å². The Hall–Kier alpha value is -1.57. The van der Waals surface area contributed by atoms with Gasteiger partial charge >= 0.3 is 0 Å². The molecule has 0 saturated carbocycles. The maximum Gasteiger partial charge on any atom is 0.194 e. The number of nitrogens with one attached hydrogen (secondary N) is 1. The number of hydrogen-bond donors (Lipinski definition) is 1. The molecule has 0 bridgehead atoms. The molecular weight excluding hydrogens is 304 g/mol. The average Bonchev–Trinajstić information content (AvgIpc) is 2.84. The Kier molecular flexibility index (Phi) is 4.79. The Morgan fingerprint density at radius 2 is 2.27 bits per heavy atom. The molecule has 1 aromatic heterocycles. The van der Waals surface area contributed by atoms with Gasteiger partial charge in [-0.05, 0) is 27.7 Å². The molecule has 8 heteroatoms. The minimum absolute atomic E-state index is 0.145. The van der Waals surface area contributed by atoms with Gasteiger partial charge in [-0.25, -0.2) is 13.4 Å². The summed E-state index contributed by atoms with van der Waals surface area (Å²) in [6.07, 6.45) is 0. The van der Waals surface area contributed by atoms with Crippen molar-refractivity contribution < 1.29 is 12.9 Å². The number of aromatic nitrogens is 1. The molecule has 1 saturated heterocycles. The molecule has 0 aliphatic carbocycles. The van der Waals surface area contributed by atoms with Gasteiger partial charge in [0.25, 0.3) is 0 Å². The first-order valence-electron chi connectivity index (χ1n) is 7.43. The summed E-state index contributed by atoms with van der Waals surface area (Å²) in [6.45, 7) is 9.35. The van der Waals surface area contributed by atoms with Crippen molar-refractivity contribution in [3.05, 3.63) is 17.5 Å². The molecule has 0 spiro atoms. The van der Waals surface area contributed by atoms with Crippen molar-refractivity contribution in [1.29, 1.82) is 0 Å². The number of aryl methyl sites for hydroxylation is 1. The number of nitrogens with zero attached hydrogens (tertiary/aromatic N) is 3. The van der Waals surface area contributed by atoms with Gasteiger partial charge in [0.1, 0.15) is 6.54 Å². The van der Waals surface area contributed by atoms with E-state index in [4.69, 9.17) is 4.52 Å². The van der Waals surface area contributed by atoms with Crippen molar-refractivity contribution in [2.75, 3.05) is 25.4 Å². The molecule has 2 rings (SSSR count). The third-order valence-corrected chi connectivity index (χ3v) is 6.27. The predicted molar refractivity (Wildman–Crippen MR) is 85.5 cm³/mol. The van der Waals surface area contributed by atoms with Gasteiger partial charge in [-0.15, -0.1) is 0 Å². The van der Waals surface area contributed by atoms with Crippen LogP contribution in [-0.4, -0.2) is 54.6 Å². The fourth-order valence-electron chi connectivity index (χ4n) is 2.39. The van der Waals surface area contributed by atoms with E-state index in [1.54, 1.807) is 13.8 Å². The number of sulfone groups is 1. The Morgan fingerprint density at radius 1 is 1.55 bits per heavy atom. The molecule has 0 aromatic carbocycles. The first-order chi connectivity index (χ1) is 10.2. The zero-order chi connectivity index (χ0) is 16.4. The highest BCUT2D eigenvalue weighted by Gasteiger charge is 2.40. The largest absolute Gasteiger partial charge is 0.359 e. The monoisotopic (exact) mass is 328 g/mol. The van der Waals surface area contributed by atoms with Gasteiger partial charge in [0, 0.05) is 25.7 Å². The van der Waals surface area contributed by atoms with E-state index in [2.05, 4.69) is 15.5 Å². The fraction of sp³-hybridized carbons (Fsp3) is 0.714. The summed E-state index contributed by atoms with van der Waals surface area (Å²) in [4.78, 5) is 6.53. The van der Waals surface area contributed by atoms with Gasteiger partial charge in [-0.3, -0.25) is 0 Å². The maximum absolute atomic E-state index is 12.1. The highest BCUT2D eigenvalue weighted by atomic mass is 32.2. The second-order valence-corrected chi connectivity index (χ2v) is 8.85. The minimum atomic E-state index is -3.06. The van der Waals surface area contributed by atoms with Crippen molar-refractivity contribution in [2.24, 2.45) is 4.99 Å². The molecule has 0 unspecified atom stereocenters. The lowest BCUT2D eigenvalue weighted by Gasteiger charge is -2.39. The van der Waals surface area contributed by atoms with Crippen LogP contribution in [0.4, 0.5) is 0 Å². The zero-order valence-corrected chi connectivity index (χ0v) is 14.4. The van der Waals surface area contributed by atoms with Gasteiger partial charge in [-0.2, -0.15) is 0 Å². The average molecular weight is 328 g/mol. The minimum Gasteiger partial charge on any atom is -0.359 e. The highest BCUT2D eigenvalue weighted by molar-refractivity contribution is 7.92. The third-order valence-electron chi connectivity index (χ3n) is 3.74. The second kappa shape index (κ2) is 6.28. The predicted octanol–water partition coefficient (Wildman–Crippen LogP) is 0.958. The molecular formula is C14H24N4O3S. The van der Waals surface area contributed by atoms with Crippen LogP contribution in [0.15, 0.2) is 15.6 Å². The van der Waals surface area contributed by atoms with Crippen molar-refractivity contribution >= 4 is 15.8 Å². The molecule has 1 N–H and O–H groups in total. The normalized spacial score (nSPS) is 20.9. The Balaban J connectivity index is 2.14. The molecule has 1 aliphatic rings. The number of rotatable bonds is 3. The van der Waals surface area contributed by atoms with E-state index in [0.717, 1.165) is 12.2 Å². The molecule has 0 amide bonds. The van der Waals surface area contributed by atoms with E-state index in [0.29, 0.717) is 31.4 Å². The maximum atomic E-state index is 12.1. The van der Waals surface area contributed by atoms with Crippen LogP contribution in [0, 0.1) is 6.92 Å². The second-order valence-electron chi connectivity index (χ2n) is 6.10. The number of aliphatic imine (C=N–C) groups is 1. The van der Waals surface area contributed by atoms with Crippen LogP contribution < -0.4 is 5.32 Å². The molecule has 1 aliphatic heterocycles. The fourth-order valence-corrected chi connectivity index (χ4v) is 3.76. The van der Waals surface area contributed by atoms with Crippen LogP contribution in [0.2, 0.25) is 0 Å². The Bertz CT molecular complexity index is 649. The van der Waals surface area contributed by atoms with Crippen LogP contribution in [0.5, 0.6) is 0 Å². The number of guanidine groups is 1. The molecule has 0 radical (unpaired) electrons. The standard InChI is InChI=1S/C14H24N4O3S/c1-5-15-13(16-9-12-8-11(2)17-21-12)18-6-7-22(19,20)14(3,4)10-18/h8H,5-7,9-10H2,1-4H3,(H,15,16). The van der Waals surface area contributed by atoms with Crippen LogP contribution in [0.25, 0.3) is 0 Å². The van der Waals surface area contributed by atoms with Crippen molar-refractivity contribution in [3.8, 4) is 0 Å². The van der Waals surface area contributed by atoms with Gasteiger partial charge in [-0.1, -0.05) is 5.16 Å². The van der Waals surface area contributed by atoms with Crippen molar-refractivity contribution in [1.82, 2.24) is 15.4 Å². The summed E-state index contributed by atoms with van der Waals surface area (Å²) in [5.74, 6) is 1.54. The van der Waals surface area contributed by atoms with E-state index >= 15 is 0 Å². The van der Waals surface area contributed by atoms with E-state index in [1.807, 2.05) is 24.8 Å². The summed E-state index contributed by atoms with van der Waals surface area (Å²) in [5, 5.41) is 7.05. The molecule has 22 heavy (non-hydrogen) atoms. The van der Waals surface area contributed by atoms with E-state index in [1.165, 1.54) is 0 Å². The van der Waals surface area contributed by atoms with Crippen LogP contribution >= 0.6 is 0 Å². The summed E-state index contributed by atoms with van der Waals surface area (Å²) in [6, 6.07) is 1.84. The van der Waals surface area contributed by atoms with E-state index < -0.39 is 14.6 Å². The van der Waals surface area contributed by atoms with Crippen molar-refractivity contribution in [3.63, 3.8) is 0 Å². The molecule has 7 nitrogen and oxygen atoms in total. The van der Waals surface area contributed by atoms with Crippen molar-refractivity contribution in [2.45, 2.75) is 39.0 Å². The molecule has 1 aromatic rings. The lowest BCUT2D eigenvalue weighted by atomic mass is 10.2. The topological polar surface area (TPSA) is 87.8 Å². The summed E-state index contributed by atoms with van der Waals surface area (Å²) in [7, 11) is -3.06. The van der Waals surface area contributed by atoms with Gasteiger partial charge in [0.05, 0.1) is 16.2 Å². The molecule has 0 atom stereocenters. The summed E-state index contributed by atoms with van der Waals surface area (Å²) in [5.41, 5.74) is 0.820. The Labute approximate surface area is 131 Å². The van der Waals surface area contributed by atoms with Crippen LogP contribution in [-0.2, 0) is 16.4 Å². The van der Waals surface area contributed by atoms with E-state index in [-0.39, 0.29) is 5.75 Å². The Morgan fingerprint density at radius 3 is 2.82 bits per heavy atom. The first-order valence-corrected chi connectivity index (χ1v) is 9.08. The molecule has 2 heterocycles. The zero-order valence-electron chi connectivity index (χ0n) is 13.6. The lowest BCUT2D eigenvalue weighted by Crippen LogP contribution is -2.57. The summed E-state index contributed by atoms with van der Waals surface area (Å²) < 4.78 is 28.6. The first kappa shape index (κ1) is 16.8. The molecule has 124 valence electrons. The number of hydrogen-bond acceptors (Lipinski definition) is 5. The van der Waals surface area contributed by atoms with E-state index in [9.17, 15) is 8.42 Å². The van der Waals surface area contributed by atoms with Gasteiger partial charge in [0.15, 0.2) is 21.6 Å². The summed E-state index contributed by atoms with van der Waals surface area (Å²) >= 11 is 0. The smallest absolute Gasteiger partial charge is 0.194 e. The SMILES string of the molecule is CCNC(=NCc1cc(C)no1)N1CCS(=O)(=O)C(C)(C)C1. The van der Waals surface area contributed by atoms with Crippen LogP contribution in [0.1, 0.15) is 32.2 Å².